The average Bonchev–Trinajstić information content (AvgIpc) is 3.27. The topological polar surface area (TPSA) is 149 Å². The first-order chi connectivity index (χ1) is 30.4. The molecule has 3 atom stereocenters. The lowest BCUT2D eigenvalue weighted by Gasteiger charge is -2.37. The summed E-state index contributed by atoms with van der Waals surface area (Å²) >= 11 is 12.2. The predicted molar refractivity (Wildman–Crippen MR) is 234 cm³/mol. The number of carboxylic acid groups (broad SMARTS) is 1. The SMILES string of the molecule is Cc1nccc(Oc2ccc(CC(NC(=O)[C@@H]3Cc4cc5c(cc4CN3C(=O)Nc3cccc(F)c3)O[C@@H](c3ccc(OCc4ccc(Cl)c(Cl)c4)cc3)CO5)C(=O)O)cc2)c1C. The maximum absolute atomic E-state index is 14.1. The molecule has 322 valence electrons. The highest BCUT2D eigenvalue weighted by Gasteiger charge is 2.38. The number of nitrogens with zero attached hydrogens (tertiary/aromatic N) is 2. The average molecular weight is 892 g/mol. The number of carbonyl (C=O) groups excluding carboxylic acids is 2. The van der Waals surface area contributed by atoms with Crippen molar-refractivity contribution >= 4 is 46.8 Å². The minimum atomic E-state index is -1.33. The van der Waals surface area contributed by atoms with Crippen molar-refractivity contribution in [1.29, 1.82) is 0 Å². The molecule has 3 N–H and O–H groups in total. The Bertz CT molecular complexity index is 2680. The lowest BCUT2D eigenvalue weighted by atomic mass is 9.92. The lowest BCUT2D eigenvalue weighted by Crippen LogP contribution is -2.56. The number of fused-ring (bicyclic) bond motifs is 2. The number of halogens is 3. The van der Waals surface area contributed by atoms with E-state index in [0.717, 1.165) is 34.0 Å². The Morgan fingerprint density at radius 2 is 1.63 bits per heavy atom. The summed E-state index contributed by atoms with van der Waals surface area (Å²) in [5.41, 5.74) is 5.69. The second kappa shape index (κ2) is 18.6. The van der Waals surface area contributed by atoms with Gasteiger partial charge in [-0.2, -0.15) is 0 Å². The molecule has 63 heavy (non-hydrogen) atoms. The Kier molecular flexibility index (Phi) is 12.7. The van der Waals surface area contributed by atoms with Crippen LogP contribution in [-0.2, 0) is 35.6 Å². The second-order valence-electron chi connectivity index (χ2n) is 15.2. The van der Waals surface area contributed by atoms with Crippen molar-refractivity contribution in [3.63, 3.8) is 0 Å². The van der Waals surface area contributed by atoms with E-state index >= 15 is 0 Å². The summed E-state index contributed by atoms with van der Waals surface area (Å²) in [5.74, 6) is 0.285. The smallest absolute Gasteiger partial charge is 0.326 e. The third-order valence-electron chi connectivity index (χ3n) is 10.9. The highest BCUT2D eigenvalue weighted by Crippen LogP contribution is 2.41. The lowest BCUT2D eigenvalue weighted by molar-refractivity contribution is -0.142. The van der Waals surface area contributed by atoms with Crippen LogP contribution in [0.15, 0.2) is 115 Å². The molecule has 3 amide bonds. The Hall–Kier alpha value is -6.83. The number of aromatic nitrogens is 1. The van der Waals surface area contributed by atoms with Gasteiger partial charge in [0.15, 0.2) is 17.6 Å². The van der Waals surface area contributed by atoms with Gasteiger partial charge in [-0.15, -0.1) is 0 Å². The minimum absolute atomic E-state index is 0.0355. The number of rotatable bonds is 12. The number of carboxylic acids is 1. The largest absolute Gasteiger partial charge is 0.489 e. The molecule has 0 saturated heterocycles. The zero-order valence-corrected chi connectivity index (χ0v) is 35.6. The van der Waals surface area contributed by atoms with Crippen LogP contribution in [0.1, 0.15) is 45.2 Å². The molecule has 0 bridgehead atoms. The summed E-state index contributed by atoms with van der Waals surface area (Å²) < 4.78 is 38.7. The van der Waals surface area contributed by atoms with Crippen molar-refractivity contribution < 1.29 is 42.8 Å². The van der Waals surface area contributed by atoms with Crippen LogP contribution in [0.5, 0.6) is 28.7 Å². The number of carbonyl (C=O) groups is 3. The van der Waals surface area contributed by atoms with E-state index in [-0.39, 0.29) is 31.7 Å². The van der Waals surface area contributed by atoms with E-state index in [9.17, 15) is 23.9 Å². The maximum Gasteiger partial charge on any atom is 0.326 e. The minimum Gasteiger partial charge on any atom is -0.489 e. The molecule has 8 rings (SSSR count). The van der Waals surface area contributed by atoms with E-state index in [0.29, 0.717) is 56.5 Å². The number of aliphatic carboxylic acids is 1. The fourth-order valence-electron chi connectivity index (χ4n) is 7.35. The summed E-state index contributed by atoms with van der Waals surface area (Å²) in [6.45, 7) is 4.27. The number of amides is 3. The Balaban J connectivity index is 0.973. The second-order valence-corrected chi connectivity index (χ2v) is 16.1. The molecule has 5 aromatic carbocycles. The van der Waals surface area contributed by atoms with Crippen molar-refractivity contribution in [2.45, 2.75) is 58.0 Å². The number of pyridine rings is 1. The third kappa shape index (κ3) is 10.1. The van der Waals surface area contributed by atoms with E-state index in [1.807, 2.05) is 44.2 Å². The van der Waals surface area contributed by atoms with Crippen LogP contribution in [0.4, 0.5) is 14.9 Å². The van der Waals surface area contributed by atoms with Gasteiger partial charge >= 0.3 is 12.0 Å². The summed E-state index contributed by atoms with van der Waals surface area (Å²) in [7, 11) is 0. The Morgan fingerprint density at radius 1 is 0.889 bits per heavy atom. The van der Waals surface area contributed by atoms with Gasteiger partial charge in [-0.1, -0.05) is 59.6 Å². The van der Waals surface area contributed by atoms with E-state index in [1.165, 1.54) is 23.1 Å². The third-order valence-corrected chi connectivity index (χ3v) is 11.7. The van der Waals surface area contributed by atoms with Crippen LogP contribution < -0.4 is 29.6 Å². The molecule has 1 unspecified atom stereocenters. The first-order valence-electron chi connectivity index (χ1n) is 20.0. The molecule has 0 radical (unpaired) electrons. The molecule has 0 spiro atoms. The fraction of sp³-hybridized carbons (Fsp3) is 0.208. The van der Waals surface area contributed by atoms with E-state index in [1.54, 1.807) is 60.8 Å². The number of benzene rings is 5. The van der Waals surface area contributed by atoms with Gasteiger partial charge in [-0.3, -0.25) is 9.78 Å². The number of hydrogen-bond donors (Lipinski definition) is 3. The van der Waals surface area contributed by atoms with Crippen LogP contribution in [-0.4, -0.2) is 51.6 Å². The molecule has 1 aromatic heterocycles. The van der Waals surface area contributed by atoms with Crippen LogP contribution in [0, 0.1) is 19.7 Å². The van der Waals surface area contributed by atoms with Crippen molar-refractivity contribution in [3.8, 4) is 28.7 Å². The van der Waals surface area contributed by atoms with Crippen LogP contribution in [0.3, 0.4) is 0 Å². The molecule has 6 aromatic rings. The zero-order chi connectivity index (χ0) is 44.2. The molecular weight excluding hydrogens is 850 g/mol. The van der Waals surface area contributed by atoms with Gasteiger partial charge in [0.1, 0.15) is 48.4 Å². The summed E-state index contributed by atoms with van der Waals surface area (Å²) in [6, 6.07) is 27.3. The van der Waals surface area contributed by atoms with E-state index in [2.05, 4.69) is 15.6 Å². The van der Waals surface area contributed by atoms with Gasteiger partial charge in [0.05, 0.1) is 10.0 Å². The molecule has 0 aliphatic carbocycles. The zero-order valence-electron chi connectivity index (χ0n) is 34.1. The first-order valence-corrected chi connectivity index (χ1v) is 20.8. The number of anilines is 1. The van der Waals surface area contributed by atoms with Gasteiger partial charge in [0.2, 0.25) is 5.91 Å². The summed E-state index contributed by atoms with van der Waals surface area (Å²) in [6.07, 6.45) is 1.20. The normalized spacial score (nSPS) is 15.7. The Morgan fingerprint density at radius 3 is 2.38 bits per heavy atom. The summed E-state index contributed by atoms with van der Waals surface area (Å²) in [5, 5.41) is 16.5. The Labute approximate surface area is 372 Å². The van der Waals surface area contributed by atoms with E-state index < -0.39 is 41.9 Å². The number of hydrogen-bond acceptors (Lipinski definition) is 8. The fourth-order valence-corrected chi connectivity index (χ4v) is 7.67. The monoisotopic (exact) mass is 890 g/mol. The van der Waals surface area contributed by atoms with E-state index in [4.69, 9.17) is 42.1 Å². The molecule has 2 aliphatic heterocycles. The molecule has 15 heteroatoms. The van der Waals surface area contributed by atoms with Crippen LogP contribution in [0.2, 0.25) is 10.0 Å². The summed E-state index contributed by atoms with van der Waals surface area (Å²) in [4.78, 5) is 46.2. The first kappa shape index (κ1) is 42.8. The van der Waals surface area contributed by atoms with Gasteiger partial charge in [0, 0.05) is 42.5 Å². The number of urea groups is 1. The molecule has 3 heterocycles. The number of aryl methyl sites for hydroxylation is 1. The number of ether oxygens (including phenoxy) is 4. The maximum atomic E-state index is 14.1. The van der Waals surface area contributed by atoms with Gasteiger partial charge in [0.25, 0.3) is 0 Å². The van der Waals surface area contributed by atoms with Gasteiger partial charge in [-0.25, -0.2) is 14.0 Å². The molecule has 12 nitrogen and oxygen atoms in total. The highest BCUT2D eigenvalue weighted by atomic mass is 35.5. The van der Waals surface area contributed by atoms with Crippen LogP contribution >= 0.6 is 23.2 Å². The van der Waals surface area contributed by atoms with Gasteiger partial charge in [-0.05, 0) is 114 Å². The van der Waals surface area contributed by atoms with Crippen molar-refractivity contribution in [1.82, 2.24) is 15.2 Å². The highest BCUT2D eigenvalue weighted by molar-refractivity contribution is 6.42. The van der Waals surface area contributed by atoms with Crippen LogP contribution in [0.25, 0.3) is 0 Å². The number of nitrogens with one attached hydrogen (secondary N) is 2. The molecule has 0 saturated carbocycles. The molecule has 2 aliphatic rings. The standard InChI is InChI=1S/C48H41Cl2FN4O8/c1-27-28(2)52-17-16-42(27)62-37-11-6-29(7-12-37)19-40(47(57)58)54-46(56)41-20-32-21-43-44(22-33(32)24-55(41)48(59)53-35-5-3-4-34(51)23-35)63-45(26-61-43)31-9-13-36(14-10-31)60-25-30-8-15-38(49)39(50)18-30/h3-18,21-23,40-41,45H,19-20,24-26H2,1-2H3,(H,53,59)(H,54,56)(H,57,58)/t40?,41-,45+/m0/s1. The molecular formula is C48H41Cl2FN4O8. The predicted octanol–water partition coefficient (Wildman–Crippen LogP) is 9.80. The van der Waals surface area contributed by atoms with Crippen molar-refractivity contribution in [3.05, 3.63) is 170 Å². The molecule has 0 fully saturated rings. The quantitative estimate of drug-likeness (QED) is 0.109. The van der Waals surface area contributed by atoms with Crippen molar-refractivity contribution in [2.75, 3.05) is 11.9 Å². The van der Waals surface area contributed by atoms with Crippen molar-refractivity contribution in [2.24, 2.45) is 0 Å². The van der Waals surface area contributed by atoms with Gasteiger partial charge < -0.3 is 39.6 Å².